The zero-order valence-electron chi connectivity index (χ0n) is 8.71. The van der Waals surface area contributed by atoms with Crippen molar-refractivity contribution in [3.05, 3.63) is 50.3 Å². The fourth-order valence-electron chi connectivity index (χ4n) is 1.18. The molecule has 1 aromatic heterocycles. The lowest BCUT2D eigenvalue weighted by molar-refractivity contribution is -0.386. The zero-order valence-corrected chi connectivity index (χ0v) is 11.1. The zero-order chi connectivity index (χ0) is 13.1. The molecule has 0 saturated heterocycles. The molecule has 0 bridgehead atoms. The molecular formula is C10H5BrClN3O3. The third kappa shape index (κ3) is 2.74. The predicted octanol–water partition coefficient (Wildman–Crippen LogP) is 3.59. The molecule has 8 heteroatoms. The molecule has 18 heavy (non-hydrogen) atoms. The summed E-state index contributed by atoms with van der Waals surface area (Å²) < 4.78 is 6.17. The Kier molecular flexibility index (Phi) is 3.73. The Hall–Kier alpha value is -1.73. The van der Waals surface area contributed by atoms with Gasteiger partial charge in [0, 0.05) is 4.47 Å². The minimum atomic E-state index is -0.684. The maximum absolute atomic E-state index is 10.8. The van der Waals surface area contributed by atoms with E-state index in [2.05, 4.69) is 25.9 Å². The molecule has 6 nitrogen and oxygen atoms in total. The average Bonchev–Trinajstić information content (AvgIpc) is 2.32. The Balaban J connectivity index is 2.37. The predicted molar refractivity (Wildman–Crippen MR) is 67.9 cm³/mol. The van der Waals surface area contributed by atoms with Crippen molar-refractivity contribution < 1.29 is 9.66 Å². The smallest absolute Gasteiger partial charge is 0.368 e. The van der Waals surface area contributed by atoms with Gasteiger partial charge in [0.1, 0.15) is 12.1 Å². The van der Waals surface area contributed by atoms with Crippen LogP contribution in [0.25, 0.3) is 0 Å². The third-order valence-corrected chi connectivity index (χ3v) is 2.76. The number of halogens is 2. The second-order valence-corrected chi connectivity index (χ2v) is 4.41. The van der Waals surface area contributed by atoms with Gasteiger partial charge in [-0.15, -0.1) is 0 Å². The molecule has 2 rings (SSSR count). The van der Waals surface area contributed by atoms with Gasteiger partial charge in [-0.05, 0) is 24.3 Å². The Morgan fingerprint density at radius 3 is 2.56 bits per heavy atom. The van der Waals surface area contributed by atoms with E-state index >= 15 is 0 Å². The molecule has 0 fully saturated rings. The van der Waals surface area contributed by atoms with Crippen LogP contribution in [0, 0.1) is 10.1 Å². The van der Waals surface area contributed by atoms with Gasteiger partial charge < -0.3 is 4.74 Å². The van der Waals surface area contributed by atoms with E-state index < -0.39 is 10.6 Å². The van der Waals surface area contributed by atoms with E-state index in [4.69, 9.17) is 16.3 Å². The summed E-state index contributed by atoms with van der Waals surface area (Å²) in [5, 5.41) is 10.6. The van der Waals surface area contributed by atoms with E-state index in [0.29, 0.717) is 5.75 Å². The molecule has 0 amide bonds. The molecule has 0 aliphatic carbocycles. The van der Waals surface area contributed by atoms with Crippen LogP contribution in [0.15, 0.2) is 35.1 Å². The number of ether oxygens (including phenoxy) is 1. The van der Waals surface area contributed by atoms with Gasteiger partial charge in [0.25, 0.3) is 0 Å². The standard InChI is InChI=1S/C10H5BrClN3O3/c11-6-1-3-7(4-2-6)18-10-8(15(16)17)9(12)13-5-14-10/h1-5H. The Bertz CT molecular complexity index is 591. The maximum atomic E-state index is 10.8. The van der Waals surface area contributed by atoms with E-state index in [1.807, 2.05) is 0 Å². The fraction of sp³-hybridized carbons (Fsp3) is 0. The number of hydrogen-bond donors (Lipinski definition) is 0. The van der Waals surface area contributed by atoms with Crippen LogP contribution in [-0.4, -0.2) is 14.9 Å². The van der Waals surface area contributed by atoms with Crippen LogP contribution in [0.2, 0.25) is 5.15 Å². The summed E-state index contributed by atoms with van der Waals surface area (Å²) in [4.78, 5) is 17.4. The van der Waals surface area contributed by atoms with Gasteiger partial charge >= 0.3 is 11.6 Å². The molecule has 92 valence electrons. The summed E-state index contributed by atoms with van der Waals surface area (Å²) in [6.07, 6.45) is 1.10. The molecule has 0 atom stereocenters. The second-order valence-electron chi connectivity index (χ2n) is 3.13. The van der Waals surface area contributed by atoms with Crippen molar-refractivity contribution in [1.82, 2.24) is 9.97 Å². The molecule has 1 heterocycles. The monoisotopic (exact) mass is 329 g/mol. The SMILES string of the molecule is O=[N+]([O-])c1c(Cl)ncnc1Oc1ccc(Br)cc1. The van der Waals surface area contributed by atoms with Crippen LogP contribution < -0.4 is 4.74 Å². The molecule has 0 radical (unpaired) electrons. The van der Waals surface area contributed by atoms with Crippen molar-refractivity contribution in [3.63, 3.8) is 0 Å². The minimum Gasteiger partial charge on any atom is -0.434 e. The highest BCUT2D eigenvalue weighted by molar-refractivity contribution is 9.10. The van der Waals surface area contributed by atoms with Crippen molar-refractivity contribution in [3.8, 4) is 11.6 Å². The highest BCUT2D eigenvalue weighted by Crippen LogP contribution is 2.33. The highest BCUT2D eigenvalue weighted by atomic mass is 79.9. The summed E-state index contributed by atoms with van der Waals surface area (Å²) >= 11 is 8.91. The molecule has 0 N–H and O–H groups in total. The molecule has 0 aliphatic rings. The Morgan fingerprint density at radius 1 is 1.28 bits per heavy atom. The number of aromatic nitrogens is 2. The van der Waals surface area contributed by atoms with E-state index in [0.717, 1.165) is 10.8 Å². The summed E-state index contributed by atoms with van der Waals surface area (Å²) in [5.41, 5.74) is -0.456. The molecule has 0 saturated carbocycles. The number of nitrogens with zero attached hydrogens (tertiary/aromatic N) is 3. The normalized spacial score (nSPS) is 10.1. The lowest BCUT2D eigenvalue weighted by Crippen LogP contribution is -1.98. The van der Waals surface area contributed by atoms with E-state index in [-0.39, 0.29) is 11.0 Å². The summed E-state index contributed by atoms with van der Waals surface area (Å²) in [6, 6.07) is 6.77. The first-order valence-electron chi connectivity index (χ1n) is 4.66. The van der Waals surface area contributed by atoms with Crippen LogP contribution in [0.5, 0.6) is 11.6 Å². The minimum absolute atomic E-state index is 0.192. The first-order valence-corrected chi connectivity index (χ1v) is 5.83. The molecule has 1 aromatic carbocycles. The average molecular weight is 331 g/mol. The number of nitro groups is 1. The van der Waals surface area contributed by atoms with Crippen molar-refractivity contribution in [1.29, 1.82) is 0 Å². The summed E-state index contributed by atoms with van der Waals surface area (Å²) in [7, 11) is 0. The van der Waals surface area contributed by atoms with Crippen molar-refractivity contribution >= 4 is 33.2 Å². The highest BCUT2D eigenvalue weighted by Gasteiger charge is 2.23. The van der Waals surface area contributed by atoms with Gasteiger partial charge in [-0.25, -0.2) is 4.98 Å². The lowest BCUT2D eigenvalue weighted by atomic mass is 10.3. The lowest BCUT2D eigenvalue weighted by Gasteiger charge is -2.05. The van der Waals surface area contributed by atoms with Gasteiger partial charge in [-0.3, -0.25) is 10.1 Å². The maximum Gasteiger partial charge on any atom is 0.368 e. The van der Waals surface area contributed by atoms with E-state index in [1.165, 1.54) is 0 Å². The third-order valence-electron chi connectivity index (χ3n) is 1.95. The number of hydrogen-bond acceptors (Lipinski definition) is 5. The first-order chi connectivity index (χ1) is 8.58. The molecule has 0 aliphatic heterocycles. The van der Waals surface area contributed by atoms with Crippen LogP contribution in [0.4, 0.5) is 5.69 Å². The van der Waals surface area contributed by atoms with Crippen LogP contribution >= 0.6 is 27.5 Å². The van der Waals surface area contributed by atoms with Crippen molar-refractivity contribution in [2.75, 3.05) is 0 Å². The van der Waals surface area contributed by atoms with Gasteiger partial charge in [0.15, 0.2) is 0 Å². The van der Waals surface area contributed by atoms with Crippen molar-refractivity contribution in [2.24, 2.45) is 0 Å². The number of rotatable bonds is 3. The summed E-state index contributed by atoms with van der Waals surface area (Å²) in [6.45, 7) is 0. The van der Waals surface area contributed by atoms with Crippen LogP contribution in [0.1, 0.15) is 0 Å². The summed E-state index contributed by atoms with van der Waals surface area (Å²) in [5.74, 6) is 0.221. The van der Waals surface area contributed by atoms with Crippen molar-refractivity contribution in [2.45, 2.75) is 0 Å². The van der Waals surface area contributed by atoms with Gasteiger partial charge in [-0.1, -0.05) is 27.5 Å². The molecule has 0 spiro atoms. The van der Waals surface area contributed by atoms with Crippen LogP contribution in [-0.2, 0) is 0 Å². The topological polar surface area (TPSA) is 78.2 Å². The van der Waals surface area contributed by atoms with Gasteiger partial charge in [0.2, 0.25) is 5.15 Å². The molecular weight excluding hydrogens is 325 g/mol. The Morgan fingerprint density at radius 2 is 1.94 bits per heavy atom. The number of benzene rings is 1. The van der Waals surface area contributed by atoms with Gasteiger partial charge in [-0.2, -0.15) is 4.98 Å². The van der Waals surface area contributed by atoms with E-state index in [1.54, 1.807) is 24.3 Å². The van der Waals surface area contributed by atoms with Crippen LogP contribution in [0.3, 0.4) is 0 Å². The van der Waals surface area contributed by atoms with Gasteiger partial charge in [0.05, 0.1) is 4.92 Å². The largest absolute Gasteiger partial charge is 0.434 e. The molecule has 2 aromatic rings. The fourth-order valence-corrected chi connectivity index (χ4v) is 1.64. The second kappa shape index (κ2) is 5.28. The Labute approximate surface area is 115 Å². The van der Waals surface area contributed by atoms with E-state index in [9.17, 15) is 10.1 Å². The molecule has 0 unspecified atom stereocenters. The first kappa shape index (κ1) is 12.7. The quantitative estimate of drug-likeness (QED) is 0.488.